The second-order valence-electron chi connectivity index (χ2n) is 5.32. The third-order valence-electron chi connectivity index (χ3n) is 3.10. The van der Waals surface area contributed by atoms with Crippen LogP contribution in [0.15, 0.2) is 24.3 Å². The molecule has 1 rings (SSSR count). The minimum Gasteiger partial charge on any atom is -0.508 e. The molecular weight excluding hydrogens is 260 g/mol. The summed E-state index contributed by atoms with van der Waals surface area (Å²) in [7, 11) is 0. The van der Waals surface area contributed by atoms with Crippen molar-refractivity contribution in [2.45, 2.75) is 26.3 Å². The zero-order valence-corrected chi connectivity index (χ0v) is 11.6. The van der Waals surface area contributed by atoms with Gasteiger partial charge in [0.25, 0.3) is 0 Å². The maximum absolute atomic E-state index is 12.0. The molecule has 0 aliphatic heterocycles. The lowest BCUT2D eigenvalue weighted by molar-refractivity contribution is -0.143. The molecule has 1 atom stereocenters. The predicted molar refractivity (Wildman–Crippen MR) is 74.2 cm³/mol. The zero-order valence-electron chi connectivity index (χ0n) is 11.6. The SMILES string of the molecule is CC(C)(CN)C(=O)N[C@H](Cc1ccc(O)cc1)C(=O)O. The van der Waals surface area contributed by atoms with Crippen molar-refractivity contribution in [3.63, 3.8) is 0 Å². The number of aliphatic carboxylic acids is 1. The summed E-state index contributed by atoms with van der Waals surface area (Å²) in [5.41, 5.74) is 5.38. The molecule has 6 heteroatoms. The van der Waals surface area contributed by atoms with Gasteiger partial charge < -0.3 is 21.3 Å². The number of carbonyl (C=O) groups excluding carboxylic acids is 1. The Kier molecular flexibility index (Phi) is 5.10. The van der Waals surface area contributed by atoms with Crippen molar-refractivity contribution < 1.29 is 19.8 Å². The average Bonchev–Trinajstić information content (AvgIpc) is 2.40. The molecule has 0 aliphatic carbocycles. The van der Waals surface area contributed by atoms with Gasteiger partial charge in [0.1, 0.15) is 11.8 Å². The van der Waals surface area contributed by atoms with Gasteiger partial charge in [-0.05, 0) is 31.5 Å². The first-order valence-corrected chi connectivity index (χ1v) is 6.28. The molecule has 1 amide bonds. The summed E-state index contributed by atoms with van der Waals surface area (Å²) < 4.78 is 0. The van der Waals surface area contributed by atoms with Crippen LogP contribution in [0.4, 0.5) is 0 Å². The van der Waals surface area contributed by atoms with E-state index in [1.165, 1.54) is 12.1 Å². The summed E-state index contributed by atoms with van der Waals surface area (Å²) in [5.74, 6) is -1.40. The number of rotatable bonds is 6. The van der Waals surface area contributed by atoms with E-state index in [0.717, 1.165) is 0 Å². The summed E-state index contributed by atoms with van der Waals surface area (Å²) in [6.07, 6.45) is 0.141. The van der Waals surface area contributed by atoms with Gasteiger partial charge in [-0.25, -0.2) is 4.79 Å². The first-order chi connectivity index (χ1) is 9.26. The molecule has 0 aromatic heterocycles. The monoisotopic (exact) mass is 280 g/mol. The number of phenols is 1. The molecule has 1 aromatic carbocycles. The Labute approximate surface area is 117 Å². The lowest BCUT2D eigenvalue weighted by Gasteiger charge is -2.24. The topological polar surface area (TPSA) is 113 Å². The van der Waals surface area contributed by atoms with Gasteiger partial charge in [-0.1, -0.05) is 12.1 Å². The summed E-state index contributed by atoms with van der Waals surface area (Å²) in [6, 6.07) is 5.15. The maximum atomic E-state index is 12.0. The third-order valence-corrected chi connectivity index (χ3v) is 3.10. The number of benzene rings is 1. The fourth-order valence-corrected chi connectivity index (χ4v) is 1.51. The lowest BCUT2D eigenvalue weighted by Crippen LogP contribution is -2.49. The number of nitrogens with two attached hydrogens (primary N) is 1. The smallest absolute Gasteiger partial charge is 0.326 e. The Balaban J connectivity index is 2.78. The summed E-state index contributed by atoms with van der Waals surface area (Å²) in [6.45, 7) is 3.44. The Morgan fingerprint density at radius 3 is 2.30 bits per heavy atom. The first-order valence-electron chi connectivity index (χ1n) is 6.28. The number of phenolic OH excluding ortho intramolecular Hbond substituents is 1. The van der Waals surface area contributed by atoms with E-state index >= 15 is 0 Å². The van der Waals surface area contributed by atoms with Crippen molar-refractivity contribution in [2.75, 3.05) is 6.54 Å². The number of carbonyl (C=O) groups is 2. The molecule has 0 spiro atoms. The Hall–Kier alpha value is -2.08. The molecule has 0 saturated heterocycles. The van der Waals surface area contributed by atoms with Gasteiger partial charge in [-0.2, -0.15) is 0 Å². The number of nitrogens with one attached hydrogen (secondary N) is 1. The van der Waals surface area contributed by atoms with Gasteiger partial charge in [0.05, 0.1) is 5.41 Å². The normalized spacial score (nSPS) is 12.8. The van der Waals surface area contributed by atoms with Crippen LogP contribution in [0.1, 0.15) is 19.4 Å². The van der Waals surface area contributed by atoms with Crippen molar-refractivity contribution in [1.29, 1.82) is 0 Å². The Bertz CT molecular complexity index is 482. The Morgan fingerprint density at radius 1 is 1.30 bits per heavy atom. The molecule has 6 nitrogen and oxygen atoms in total. The van der Waals surface area contributed by atoms with Crippen molar-refractivity contribution in [1.82, 2.24) is 5.32 Å². The molecule has 5 N–H and O–H groups in total. The van der Waals surface area contributed by atoms with E-state index in [2.05, 4.69) is 5.32 Å². The number of carboxylic acids is 1. The molecule has 0 fully saturated rings. The highest BCUT2D eigenvalue weighted by atomic mass is 16.4. The molecule has 20 heavy (non-hydrogen) atoms. The van der Waals surface area contributed by atoms with Crippen LogP contribution in [-0.4, -0.2) is 34.7 Å². The van der Waals surface area contributed by atoms with Crippen LogP contribution in [0.3, 0.4) is 0 Å². The number of aromatic hydroxyl groups is 1. The standard InChI is InChI=1S/C14H20N2O4/c1-14(2,8-15)13(20)16-11(12(18)19)7-9-3-5-10(17)6-4-9/h3-6,11,17H,7-8,15H2,1-2H3,(H,16,20)(H,18,19)/t11-/m1/s1. The van der Waals surface area contributed by atoms with E-state index < -0.39 is 23.3 Å². The molecule has 0 radical (unpaired) electrons. The van der Waals surface area contributed by atoms with E-state index in [1.54, 1.807) is 26.0 Å². The minimum absolute atomic E-state index is 0.105. The van der Waals surface area contributed by atoms with Crippen molar-refractivity contribution in [3.05, 3.63) is 29.8 Å². The fraction of sp³-hybridized carbons (Fsp3) is 0.429. The van der Waals surface area contributed by atoms with Crippen LogP contribution in [0, 0.1) is 5.41 Å². The average molecular weight is 280 g/mol. The zero-order chi connectivity index (χ0) is 15.3. The van der Waals surface area contributed by atoms with Gasteiger partial charge in [0.2, 0.25) is 5.91 Å². The third kappa shape index (κ3) is 4.24. The van der Waals surface area contributed by atoms with Gasteiger partial charge >= 0.3 is 5.97 Å². The van der Waals surface area contributed by atoms with Crippen LogP contribution >= 0.6 is 0 Å². The molecule has 0 unspecified atom stereocenters. The van der Waals surface area contributed by atoms with E-state index in [4.69, 9.17) is 5.73 Å². The van der Waals surface area contributed by atoms with Crippen LogP contribution in [0.5, 0.6) is 5.75 Å². The van der Waals surface area contributed by atoms with E-state index in [0.29, 0.717) is 5.56 Å². The quantitative estimate of drug-likeness (QED) is 0.605. The molecule has 0 aliphatic rings. The highest BCUT2D eigenvalue weighted by Gasteiger charge is 2.30. The number of hydrogen-bond donors (Lipinski definition) is 4. The minimum atomic E-state index is -1.11. The second kappa shape index (κ2) is 6.38. The lowest BCUT2D eigenvalue weighted by atomic mass is 9.92. The first kappa shape index (κ1) is 16.0. The van der Waals surface area contributed by atoms with Crippen molar-refractivity contribution in [2.24, 2.45) is 11.1 Å². The second-order valence-corrected chi connectivity index (χ2v) is 5.32. The van der Waals surface area contributed by atoms with Crippen molar-refractivity contribution >= 4 is 11.9 Å². The van der Waals surface area contributed by atoms with E-state index in [9.17, 15) is 19.8 Å². The van der Waals surface area contributed by atoms with Crippen LogP contribution in [-0.2, 0) is 16.0 Å². The largest absolute Gasteiger partial charge is 0.508 e. The highest BCUT2D eigenvalue weighted by Crippen LogP contribution is 2.15. The van der Waals surface area contributed by atoms with Crippen molar-refractivity contribution in [3.8, 4) is 5.75 Å². The van der Waals surface area contributed by atoms with E-state index in [1.807, 2.05) is 0 Å². The van der Waals surface area contributed by atoms with Gasteiger partial charge in [0, 0.05) is 13.0 Å². The number of carboxylic acid groups (broad SMARTS) is 1. The van der Waals surface area contributed by atoms with Crippen LogP contribution in [0.2, 0.25) is 0 Å². The number of hydrogen-bond acceptors (Lipinski definition) is 4. The van der Waals surface area contributed by atoms with Crippen LogP contribution < -0.4 is 11.1 Å². The molecule has 110 valence electrons. The summed E-state index contributed by atoms with van der Waals surface area (Å²) in [5, 5.41) is 20.9. The highest BCUT2D eigenvalue weighted by molar-refractivity contribution is 5.87. The van der Waals surface area contributed by atoms with Crippen LogP contribution in [0.25, 0.3) is 0 Å². The Morgan fingerprint density at radius 2 is 1.85 bits per heavy atom. The molecule has 0 saturated carbocycles. The number of amides is 1. The summed E-state index contributed by atoms with van der Waals surface area (Å²) in [4.78, 5) is 23.2. The predicted octanol–water partition coefficient (Wildman–Crippen LogP) is 0.489. The molecular formula is C14H20N2O4. The maximum Gasteiger partial charge on any atom is 0.326 e. The van der Waals surface area contributed by atoms with E-state index in [-0.39, 0.29) is 18.7 Å². The fourth-order valence-electron chi connectivity index (χ4n) is 1.51. The molecule has 0 bridgehead atoms. The van der Waals surface area contributed by atoms with Gasteiger partial charge in [0.15, 0.2) is 0 Å². The molecule has 0 heterocycles. The summed E-state index contributed by atoms with van der Waals surface area (Å²) >= 11 is 0. The molecule has 1 aromatic rings. The van der Waals surface area contributed by atoms with Gasteiger partial charge in [-0.3, -0.25) is 4.79 Å². The van der Waals surface area contributed by atoms with Gasteiger partial charge in [-0.15, -0.1) is 0 Å².